The standard InChI is InChI=1S/C14H17ClN2OS/c1-10(2)8-16-9-11-3-4-12(7-13(11)15)19-14-17-5-6-18-14/h3-7,10,16H,8-9H2,1-2H3. The van der Waals surface area contributed by atoms with Gasteiger partial charge in [-0.05, 0) is 41.9 Å². The molecule has 1 heterocycles. The van der Waals surface area contributed by atoms with E-state index in [0.717, 1.165) is 28.6 Å². The van der Waals surface area contributed by atoms with Crippen molar-refractivity contribution in [3.8, 4) is 0 Å². The summed E-state index contributed by atoms with van der Waals surface area (Å²) >= 11 is 7.74. The van der Waals surface area contributed by atoms with E-state index in [1.807, 2.05) is 18.2 Å². The molecule has 1 aromatic carbocycles. The molecule has 0 fully saturated rings. The molecule has 0 amide bonds. The molecular weight excluding hydrogens is 280 g/mol. The van der Waals surface area contributed by atoms with Crippen molar-refractivity contribution < 1.29 is 4.42 Å². The molecule has 0 aliphatic heterocycles. The molecule has 0 unspecified atom stereocenters. The lowest BCUT2D eigenvalue weighted by Gasteiger charge is -2.09. The fourth-order valence-corrected chi connectivity index (χ4v) is 2.64. The Labute approximate surface area is 122 Å². The van der Waals surface area contributed by atoms with Crippen molar-refractivity contribution in [2.45, 2.75) is 30.5 Å². The summed E-state index contributed by atoms with van der Waals surface area (Å²) in [7, 11) is 0. The Morgan fingerprint density at radius 1 is 1.42 bits per heavy atom. The third-order valence-corrected chi connectivity index (χ3v) is 3.73. The molecule has 0 spiro atoms. The second-order valence-corrected chi connectivity index (χ2v) is 6.11. The number of halogens is 1. The zero-order chi connectivity index (χ0) is 13.7. The van der Waals surface area contributed by atoms with Crippen molar-refractivity contribution >= 4 is 23.4 Å². The number of hydrogen-bond acceptors (Lipinski definition) is 4. The zero-order valence-corrected chi connectivity index (χ0v) is 12.6. The summed E-state index contributed by atoms with van der Waals surface area (Å²) in [5.74, 6) is 0.638. The van der Waals surface area contributed by atoms with E-state index in [1.165, 1.54) is 11.8 Å². The van der Waals surface area contributed by atoms with Crippen LogP contribution in [0.15, 0.2) is 45.2 Å². The molecule has 5 heteroatoms. The molecule has 0 bridgehead atoms. The van der Waals surface area contributed by atoms with E-state index in [9.17, 15) is 0 Å². The van der Waals surface area contributed by atoms with Crippen LogP contribution in [0.5, 0.6) is 0 Å². The van der Waals surface area contributed by atoms with E-state index >= 15 is 0 Å². The van der Waals surface area contributed by atoms with E-state index in [1.54, 1.807) is 12.5 Å². The Morgan fingerprint density at radius 3 is 2.89 bits per heavy atom. The minimum absolute atomic E-state index is 0.627. The number of hydrogen-bond donors (Lipinski definition) is 1. The van der Waals surface area contributed by atoms with Crippen LogP contribution in [0, 0.1) is 5.92 Å². The van der Waals surface area contributed by atoms with Crippen molar-refractivity contribution in [1.82, 2.24) is 10.3 Å². The van der Waals surface area contributed by atoms with Crippen LogP contribution in [0.4, 0.5) is 0 Å². The van der Waals surface area contributed by atoms with Crippen molar-refractivity contribution in [1.29, 1.82) is 0 Å². The summed E-state index contributed by atoms with van der Waals surface area (Å²) in [6.07, 6.45) is 3.20. The molecule has 19 heavy (non-hydrogen) atoms. The van der Waals surface area contributed by atoms with Gasteiger partial charge in [-0.1, -0.05) is 31.5 Å². The summed E-state index contributed by atoms with van der Waals surface area (Å²) < 4.78 is 5.20. The van der Waals surface area contributed by atoms with Gasteiger partial charge in [0.1, 0.15) is 6.26 Å². The van der Waals surface area contributed by atoms with E-state index in [0.29, 0.717) is 11.1 Å². The predicted octanol–water partition coefficient (Wildman–Crippen LogP) is 4.22. The summed E-state index contributed by atoms with van der Waals surface area (Å²) in [6.45, 7) is 6.15. The molecule has 102 valence electrons. The molecular formula is C14H17ClN2OS. The highest BCUT2D eigenvalue weighted by molar-refractivity contribution is 7.99. The molecule has 0 radical (unpaired) electrons. The third-order valence-electron chi connectivity index (χ3n) is 2.51. The van der Waals surface area contributed by atoms with Crippen LogP contribution in [0.3, 0.4) is 0 Å². The Hall–Kier alpha value is -0.970. The largest absolute Gasteiger partial charge is 0.440 e. The highest BCUT2D eigenvalue weighted by Crippen LogP contribution is 2.29. The van der Waals surface area contributed by atoms with Gasteiger partial charge in [0.2, 0.25) is 0 Å². The van der Waals surface area contributed by atoms with Gasteiger partial charge in [-0.3, -0.25) is 0 Å². The van der Waals surface area contributed by atoms with Crippen LogP contribution in [0.2, 0.25) is 5.02 Å². The quantitative estimate of drug-likeness (QED) is 0.866. The average molecular weight is 297 g/mol. The Bertz CT molecular complexity index is 514. The lowest BCUT2D eigenvalue weighted by atomic mass is 10.2. The number of aromatic nitrogens is 1. The van der Waals surface area contributed by atoms with Gasteiger partial charge in [-0.25, -0.2) is 4.98 Å². The van der Waals surface area contributed by atoms with Crippen molar-refractivity contribution in [3.63, 3.8) is 0 Å². The van der Waals surface area contributed by atoms with E-state index in [4.69, 9.17) is 16.0 Å². The van der Waals surface area contributed by atoms with Gasteiger partial charge >= 0.3 is 0 Å². The predicted molar refractivity (Wildman–Crippen MR) is 78.6 cm³/mol. The maximum Gasteiger partial charge on any atom is 0.260 e. The Balaban J connectivity index is 1.96. The Morgan fingerprint density at radius 2 is 2.26 bits per heavy atom. The number of oxazole rings is 1. The normalized spacial score (nSPS) is 11.2. The SMILES string of the molecule is CC(C)CNCc1ccc(Sc2ncco2)cc1Cl. The molecule has 0 aliphatic carbocycles. The number of rotatable bonds is 6. The zero-order valence-electron chi connectivity index (χ0n) is 11.0. The highest BCUT2D eigenvalue weighted by atomic mass is 35.5. The molecule has 0 atom stereocenters. The number of nitrogens with zero attached hydrogens (tertiary/aromatic N) is 1. The molecule has 2 aromatic rings. The lowest BCUT2D eigenvalue weighted by Crippen LogP contribution is -2.19. The first-order valence-corrected chi connectivity index (χ1v) is 7.41. The molecule has 2 rings (SSSR count). The molecule has 0 saturated carbocycles. The number of nitrogens with one attached hydrogen (secondary N) is 1. The van der Waals surface area contributed by atoms with Gasteiger partial charge in [0, 0.05) is 16.5 Å². The second kappa shape index (κ2) is 6.98. The first-order chi connectivity index (χ1) is 9.15. The van der Waals surface area contributed by atoms with E-state index < -0.39 is 0 Å². The first kappa shape index (κ1) is 14.4. The summed E-state index contributed by atoms with van der Waals surface area (Å²) in [4.78, 5) is 5.10. The highest BCUT2D eigenvalue weighted by Gasteiger charge is 2.06. The monoisotopic (exact) mass is 296 g/mol. The van der Waals surface area contributed by atoms with Gasteiger partial charge in [0.25, 0.3) is 5.22 Å². The fourth-order valence-electron chi connectivity index (χ4n) is 1.59. The second-order valence-electron chi connectivity index (χ2n) is 4.68. The molecule has 0 aliphatic rings. The van der Waals surface area contributed by atoms with Gasteiger partial charge in [0.15, 0.2) is 0 Å². The summed E-state index contributed by atoms with van der Waals surface area (Å²) in [5.41, 5.74) is 1.11. The van der Waals surface area contributed by atoms with Gasteiger partial charge in [-0.15, -0.1) is 0 Å². The van der Waals surface area contributed by atoms with Crippen LogP contribution in [-0.4, -0.2) is 11.5 Å². The smallest absolute Gasteiger partial charge is 0.260 e. The maximum atomic E-state index is 6.28. The van der Waals surface area contributed by atoms with Crippen molar-refractivity contribution in [3.05, 3.63) is 41.2 Å². The van der Waals surface area contributed by atoms with Crippen LogP contribution in [-0.2, 0) is 6.54 Å². The minimum Gasteiger partial charge on any atom is -0.440 e. The topological polar surface area (TPSA) is 38.1 Å². The molecule has 1 aromatic heterocycles. The van der Waals surface area contributed by atoms with Gasteiger partial charge in [0.05, 0.1) is 6.20 Å². The average Bonchev–Trinajstić information content (AvgIpc) is 2.84. The van der Waals surface area contributed by atoms with Crippen LogP contribution in [0.25, 0.3) is 0 Å². The van der Waals surface area contributed by atoms with Crippen LogP contribution >= 0.6 is 23.4 Å². The van der Waals surface area contributed by atoms with Gasteiger partial charge in [-0.2, -0.15) is 0 Å². The van der Waals surface area contributed by atoms with Crippen molar-refractivity contribution in [2.75, 3.05) is 6.54 Å². The molecule has 1 N–H and O–H groups in total. The van der Waals surface area contributed by atoms with E-state index in [-0.39, 0.29) is 0 Å². The minimum atomic E-state index is 0.627. The fraction of sp³-hybridized carbons (Fsp3) is 0.357. The number of benzene rings is 1. The Kier molecular flexibility index (Phi) is 5.31. The van der Waals surface area contributed by atoms with Crippen molar-refractivity contribution in [2.24, 2.45) is 5.92 Å². The first-order valence-electron chi connectivity index (χ1n) is 6.21. The lowest BCUT2D eigenvalue weighted by molar-refractivity contribution is 0.454. The maximum absolute atomic E-state index is 6.28. The van der Waals surface area contributed by atoms with E-state index in [2.05, 4.69) is 24.1 Å². The molecule has 0 saturated heterocycles. The summed E-state index contributed by atoms with van der Waals surface area (Å²) in [5, 5.41) is 4.78. The van der Waals surface area contributed by atoms with Gasteiger partial charge < -0.3 is 9.73 Å². The van der Waals surface area contributed by atoms with Crippen LogP contribution in [0.1, 0.15) is 19.4 Å². The van der Waals surface area contributed by atoms with Crippen LogP contribution < -0.4 is 5.32 Å². The third kappa shape index (κ3) is 4.56. The molecule has 3 nitrogen and oxygen atoms in total. The summed E-state index contributed by atoms with van der Waals surface area (Å²) in [6, 6.07) is 6.02.